The topological polar surface area (TPSA) is 121 Å². The van der Waals surface area contributed by atoms with Gasteiger partial charge in [0.2, 0.25) is 5.91 Å². The highest BCUT2D eigenvalue weighted by Crippen LogP contribution is 2.29. The molecule has 3 N–H and O–H groups in total. The maximum absolute atomic E-state index is 13.5. The molecular weight excluding hydrogens is 504 g/mol. The molecule has 38 heavy (non-hydrogen) atoms. The van der Waals surface area contributed by atoms with Gasteiger partial charge < -0.3 is 30.5 Å². The van der Waals surface area contributed by atoms with Crippen LogP contribution >= 0.6 is 11.3 Å². The summed E-state index contributed by atoms with van der Waals surface area (Å²) in [5, 5.41) is 5.97. The second kappa shape index (κ2) is 11.1. The van der Waals surface area contributed by atoms with Gasteiger partial charge in [-0.3, -0.25) is 14.4 Å². The van der Waals surface area contributed by atoms with Crippen LogP contribution in [0.1, 0.15) is 30.6 Å². The third-order valence-electron chi connectivity index (χ3n) is 7.53. The fraction of sp³-hybridized carbons (Fsp3) is 0.556. The Labute approximate surface area is 227 Å². The average molecular weight is 541 g/mol. The lowest BCUT2D eigenvalue weighted by Crippen LogP contribution is -2.52. The van der Waals surface area contributed by atoms with Crippen molar-refractivity contribution in [3.8, 4) is 11.3 Å². The van der Waals surface area contributed by atoms with E-state index in [9.17, 15) is 14.4 Å². The summed E-state index contributed by atoms with van der Waals surface area (Å²) in [7, 11) is 2.13. The van der Waals surface area contributed by atoms with Crippen LogP contribution in [0, 0.1) is 5.92 Å². The van der Waals surface area contributed by atoms with Crippen molar-refractivity contribution in [2.45, 2.75) is 44.5 Å². The van der Waals surface area contributed by atoms with Gasteiger partial charge >= 0.3 is 0 Å². The molecular formula is C27H36N6O4S. The van der Waals surface area contributed by atoms with E-state index in [1.165, 1.54) is 4.90 Å². The number of ether oxygens (including phenoxy) is 1. The molecule has 0 radical (unpaired) electrons. The zero-order valence-electron chi connectivity index (χ0n) is 22.1. The van der Waals surface area contributed by atoms with Gasteiger partial charge in [-0.25, -0.2) is 4.98 Å². The minimum absolute atomic E-state index is 0.0315. The molecule has 1 aromatic carbocycles. The van der Waals surface area contributed by atoms with Crippen LogP contribution in [0.25, 0.3) is 11.3 Å². The number of anilines is 1. The third-order valence-corrected chi connectivity index (χ3v) is 8.43. The molecule has 4 heterocycles. The average Bonchev–Trinajstić information content (AvgIpc) is 3.62. The molecule has 10 nitrogen and oxygen atoms in total. The van der Waals surface area contributed by atoms with Gasteiger partial charge in [0.25, 0.3) is 5.91 Å². The number of carbonyl (C=O) groups is 3. The molecule has 0 bridgehead atoms. The lowest BCUT2D eigenvalue weighted by Gasteiger charge is -2.32. The summed E-state index contributed by atoms with van der Waals surface area (Å²) < 4.78 is 5.52. The van der Waals surface area contributed by atoms with Gasteiger partial charge in [-0.2, -0.15) is 0 Å². The zero-order valence-corrected chi connectivity index (χ0v) is 22.9. The Balaban J connectivity index is 1.26. The van der Waals surface area contributed by atoms with Crippen LogP contribution in [0.5, 0.6) is 0 Å². The maximum atomic E-state index is 13.5. The molecule has 204 valence electrons. The van der Waals surface area contributed by atoms with Crippen molar-refractivity contribution in [1.29, 1.82) is 0 Å². The summed E-state index contributed by atoms with van der Waals surface area (Å²) in [5.41, 5.74) is 8.42. The van der Waals surface area contributed by atoms with Crippen LogP contribution in [-0.2, 0) is 14.3 Å². The molecule has 3 fully saturated rings. The van der Waals surface area contributed by atoms with Crippen molar-refractivity contribution in [3.05, 3.63) is 35.2 Å². The quantitative estimate of drug-likeness (QED) is 0.538. The number of fused-ring (bicyclic) bond motifs is 1. The normalized spacial score (nSPS) is 24.7. The number of likely N-dealkylation sites (N-methyl/N-ethyl adjacent to an activating group) is 1. The van der Waals surface area contributed by atoms with Crippen LogP contribution in [0.3, 0.4) is 0 Å². The molecule has 1 unspecified atom stereocenters. The largest absolute Gasteiger partial charge is 0.366 e. The number of carbonyl (C=O) groups excluding carboxylic acids is 3. The number of hydrogen-bond donors (Lipinski definition) is 2. The van der Waals surface area contributed by atoms with Gasteiger partial charge in [-0.1, -0.05) is 26.0 Å². The highest BCUT2D eigenvalue weighted by atomic mass is 32.1. The lowest BCUT2D eigenvalue weighted by atomic mass is 10.0. The van der Waals surface area contributed by atoms with Crippen molar-refractivity contribution in [2.24, 2.45) is 11.7 Å². The number of ketones is 1. The zero-order chi connectivity index (χ0) is 27.0. The number of hydrogen-bond acceptors (Lipinski definition) is 9. The fourth-order valence-corrected chi connectivity index (χ4v) is 6.27. The van der Waals surface area contributed by atoms with Crippen molar-refractivity contribution in [3.63, 3.8) is 0 Å². The minimum atomic E-state index is -0.758. The van der Waals surface area contributed by atoms with E-state index in [-0.39, 0.29) is 36.7 Å². The first-order valence-corrected chi connectivity index (χ1v) is 14.1. The van der Waals surface area contributed by atoms with Crippen molar-refractivity contribution >= 4 is 34.1 Å². The van der Waals surface area contributed by atoms with E-state index in [1.54, 1.807) is 23.5 Å². The van der Waals surface area contributed by atoms with Gasteiger partial charge in [-0.05, 0) is 31.5 Å². The second-order valence-electron chi connectivity index (χ2n) is 10.9. The third kappa shape index (κ3) is 5.47. The number of benzene rings is 1. The molecule has 5 rings (SSSR count). The summed E-state index contributed by atoms with van der Waals surface area (Å²) in [6, 6.07) is 5.44. The number of piperazine rings is 1. The highest BCUT2D eigenvalue weighted by Gasteiger charge is 2.52. The molecule has 3 aliphatic rings. The van der Waals surface area contributed by atoms with Crippen molar-refractivity contribution in [2.75, 3.05) is 51.3 Å². The first-order chi connectivity index (χ1) is 18.2. The highest BCUT2D eigenvalue weighted by molar-refractivity contribution is 7.14. The molecule has 3 aliphatic heterocycles. The SMILES string of the molecule is CC(C)CC(NC(=O)c1ccc(-c2csc(N3CCN(C)CC3)n2)cc1)C(=O)N1C[C@H](N)[C@H]2OCC(=O)[C@H]21. The monoisotopic (exact) mass is 540 g/mol. The Kier molecular flexibility index (Phi) is 7.80. The Morgan fingerprint density at radius 3 is 2.58 bits per heavy atom. The van der Waals surface area contributed by atoms with E-state index in [1.807, 2.05) is 31.4 Å². The van der Waals surface area contributed by atoms with E-state index in [2.05, 4.69) is 22.2 Å². The minimum Gasteiger partial charge on any atom is -0.366 e. The summed E-state index contributed by atoms with van der Waals surface area (Å²) >= 11 is 1.63. The van der Waals surface area contributed by atoms with Crippen molar-refractivity contribution in [1.82, 2.24) is 20.1 Å². The smallest absolute Gasteiger partial charge is 0.251 e. The molecule has 4 atom stereocenters. The fourth-order valence-electron chi connectivity index (χ4n) is 5.39. The number of nitrogens with zero attached hydrogens (tertiary/aromatic N) is 4. The number of Topliss-reactive ketones (excluding diaryl/α,β-unsaturated/α-hetero) is 1. The number of nitrogens with two attached hydrogens (primary N) is 1. The predicted molar refractivity (Wildman–Crippen MR) is 146 cm³/mol. The van der Waals surface area contributed by atoms with Crippen LogP contribution in [-0.4, -0.2) is 103 Å². The molecule has 2 aromatic rings. The Hall–Kier alpha value is -2.86. The molecule has 0 spiro atoms. The maximum Gasteiger partial charge on any atom is 0.251 e. The summed E-state index contributed by atoms with van der Waals surface area (Å²) in [6.45, 7) is 8.17. The van der Waals surface area contributed by atoms with E-state index >= 15 is 0 Å². The molecule has 1 aromatic heterocycles. The van der Waals surface area contributed by atoms with E-state index < -0.39 is 24.2 Å². The Bertz CT molecular complexity index is 1180. The van der Waals surface area contributed by atoms with Gasteiger partial charge in [0.05, 0.1) is 11.7 Å². The molecule has 0 aliphatic carbocycles. The number of amides is 2. The summed E-state index contributed by atoms with van der Waals surface area (Å²) in [4.78, 5) is 50.0. The number of likely N-dealkylation sites (tertiary alicyclic amines) is 1. The molecule has 11 heteroatoms. The first kappa shape index (κ1) is 26.7. The molecule has 3 saturated heterocycles. The number of nitrogens with one attached hydrogen (secondary N) is 1. The van der Waals surface area contributed by atoms with Gasteiger partial charge in [0, 0.05) is 49.2 Å². The standard InChI is InChI=1S/C27H36N6O4S/c1-16(2)12-20(26(36)33-13-19(28)24-23(33)22(34)14-37-24)29-25(35)18-6-4-17(5-7-18)21-15-38-27(30-21)32-10-8-31(3)9-11-32/h4-7,15-16,19-20,23-24H,8-14,28H2,1-3H3,(H,29,35)/t19-,20?,23+,24+/m0/s1. The Morgan fingerprint density at radius 2 is 1.89 bits per heavy atom. The van der Waals surface area contributed by atoms with E-state index in [0.29, 0.717) is 12.0 Å². The Morgan fingerprint density at radius 1 is 1.18 bits per heavy atom. The van der Waals surface area contributed by atoms with E-state index in [0.717, 1.165) is 42.6 Å². The second-order valence-corrected chi connectivity index (χ2v) is 11.7. The van der Waals surface area contributed by atoms with Gasteiger partial charge in [-0.15, -0.1) is 11.3 Å². The van der Waals surface area contributed by atoms with E-state index in [4.69, 9.17) is 15.5 Å². The van der Waals surface area contributed by atoms with Crippen LogP contribution < -0.4 is 16.0 Å². The molecule has 2 amide bonds. The predicted octanol–water partition coefficient (Wildman–Crippen LogP) is 1.21. The van der Waals surface area contributed by atoms with Crippen LogP contribution in [0.4, 0.5) is 5.13 Å². The van der Waals surface area contributed by atoms with Gasteiger partial charge in [0.15, 0.2) is 10.9 Å². The lowest BCUT2D eigenvalue weighted by molar-refractivity contribution is -0.138. The number of aromatic nitrogens is 1. The number of thiazole rings is 1. The summed E-state index contributed by atoms with van der Waals surface area (Å²) in [5.74, 6) is -0.599. The molecule has 0 saturated carbocycles. The van der Waals surface area contributed by atoms with Crippen molar-refractivity contribution < 1.29 is 19.1 Å². The number of rotatable bonds is 7. The summed E-state index contributed by atoms with van der Waals surface area (Å²) in [6.07, 6.45) is -0.0220. The first-order valence-electron chi connectivity index (χ1n) is 13.2. The van der Waals surface area contributed by atoms with Gasteiger partial charge in [0.1, 0.15) is 24.8 Å². The van der Waals surface area contributed by atoms with Crippen LogP contribution in [0.15, 0.2) is 29.6 Å². The van der Waals surface area contributed by atoms with Crippen LogP contribution in [0.2, 0.25) is 0 Å².